The van der Waals surface area contributed by atoms with Gasteiger partial charge in [-0.05, 0) is 78.9 Å². The summed E-state index contributed by atoms with van der Waals surface area (Å²) in [6.45, 7) is 7.34. The van der Waals surface area contributed by atoms with Gasteiger partial charge in [0.15, 0.2) is 0 Å². The second-order valence-electron chi connectivity index (χ2n) is 11.9. The Balaban J connectivity index is 1.84. The molecule has 0 aliphatic carbocycles. The van der Waals surface area contributed by atoms with E-state index in [1.165, 1.54) is 17.0 Å². The fourth-order valence-corrected chi connectivity index (χ4v) is 7.09. The molecule has 248 valence electrons. The average molecular weight is 715 g/mol. The Morgan fingerprint density at radius 3 is 2.11 bits per heavy atom. The number of nitrogens with one attached hydrogen (secondary N) is 1. The average Bonchev–Trinajstić information content (AvgIpc) is 3.03. The first-order valence-corrected chi connectivity index (χ1v) is 17.7. The van der Waals surface area contributed by atoms with Gasteiger partial charge in [-0.3, -0.25) is 13.9 Å². The van der Waals surface area contributed by atoms with Crippen molar-refractivity contribution in [3.05, 3.63) is 128 Å². The van der Waals surface area contributed by atoms with Gasteiger partial charge in [0, 0.05) is 24.5 Å². The summed E-state index contributed by atoms with van der Waals surface area (Å²) in [4.78, 5) is 30.0. The lowest BCUT2D eigenvalue weighted by Gasteiger charge is -2.34. The fraction of sp³-hybridized carbons (Fsp3) is 0.278. The number of nitrogens with zero attached hydrogens (tertiary/aromatic N) is 2. The maximum Gasteiger partial charge on any atom is 0.264 e. The van der Waals surface area contributed by atoms with Crippen molar-refractivity contribution in [2.45, 2.75) is 51.6 Å². The summed E-state index contributed by atoms with van der Waals surface area (Å²) in [6.07, 6.45) is 0.197. The Morgan fingerprint density at radius 1 is 0.809 bits per heavy atom. The van der Waals surface area contributed by atoms with Gasteiger partial charge in [0.1, 0.15) is 12.6 Å². The maximum atomic E-state index is 14.6. The molecule has 4 rings (SSSR count). The molecule has 1 atom stereocenters. The van der Waals surface area contributed by atoms with Crippen molar-refractivity contribution >= 4 is 62.3 Å². The molecule has 1 N–H and O–H groups in total. The third kappa shape index (κ3) is 9.51. The van der Waals surface area contributed by atoms with Crippen molar-refractivity contribution < 1.29 is 18.0 Å². The second-order valence-corrected chi connectivity index (χ2v) is 15.0. The number of hydrogen-bond donors (Lipinski definition) is 1. The second kappa shape index (κ2) is 16.0. The van der Waals surface area contributed by atoms with Crippen molar-refractivity contribution in [3.8, 4) is 0 Å². The van der Waals surface area contributed by atoms with Crippen LogP contribution in [0.4, 0.5) is 5.69 Å². The molecule has 0 radical (unpaired) electrons. The molecule has 1 unspecified atom stereocenters. The molecule has 0 spiro atoms. The zero-order chi connectivity index (χ0) is 34.3. The molecule has 47 heavy (non-hydrogen) atoms. The van der Waals surface area contributed by atoms with Gasteiger partial charge in [0.05, 0.1) is 20.6 Å². The van der Waals surface area contributed by atoms with Crippen molar-refractivity contribution in [1.82, 2.24) is 10.2 Å². The van der Waals surface area contributed by atoms with E-state index in [0.29, 0.717) is 38.4 Å². The van der Waals surface area contributed by atoms with Crippen LogP contribution in [0, 0.1) is 19.8 Å². The largest absolute Gasteiger partial charge is 0.354 e. The lowest BCUT2D eigenvalue weighted by Crippen LogP contribution is -2.53. The lowest BCUT2D eigenvalue weighted by molar-refractivity contribution is -0.140. The van der Waals surface area contributed by atoms with Crippen molar-refractivity contribution in [2.75, 3.05) is 17.4 Å². The molecule has 0 saturated carbocycles. The summed E-state index contributed by atoms with van der Waals surface area (Å²) in [5, 5.41) is 4.04. The van der Waals surface area contributed by atoms with E-state index in [2.05, 4.69) is 5.32 Å². The number of hydrogen-bond acceptors (Lipinski definition) is 4. The molecule has 0 aliphatic rings. The standard InChI is InChI=1S/C36H38Cl3N3O4S/c1-24(2)21-40-36(44)34(20-27-8-6-5-7-9-27)41(22-28-12-16-31(38)32(39)19-28)35(43)23-42(33-17-13-29(37)18-26(33)4)47(45,46)30-14-10-25(3)11-15-30/h5-19,24,34H,20-23H2,1-4H3,(H,40,44). The minimum atomic E-state index is -4.24. The monoisotopic (exact) mass is 713 g/mol. The van der Waals surface area contributed by atoms with Crippen LogP contribution in [-0.4, -0.2) is 44.3 Å². The predicted molar refractivity (Wildman–Crippen MR) is 191 cm³/mol. The normalized spacial score (nSPS) is 12.1. The maximum absolute atomic E-state index is 14.6. The van der Waals surface area contributed by atoms with Crippen LogP contribution in [0.25, 0.3) is 0 Å². The van der Waals surface area contributed by atoms with E-state index >= 15 is 0 Å². The summed E-state index contributed by atoms with van der Waals surface area (Å²) in [7, 11) is -4.24. The highest BCUT2D eigenvalue weighted by atomic mass is 35.5. The van der Waals surface area contributed by atoms with Gasteiger partial charge in [0.2, 0.25) is 11.8 Å². The molecule has 4 aromatic rings. The summed E-state index contributed by atoms with van der Waals surface area (Å²) >= 11 is 18.8. The van der Waals surface area contributed by atoms with Gasteiger partial charge in [0.25, 0.3) is 10.0 Å². The van der Waals surface area contributed by atoms with Gasteiger partial charge >= 0.3 is 0 Å². The van der Waals surface area contributed by atoms with E-state index in [1.807, 2.05) is 51.1 Å². The molecule has 4 aromatic carbocycles. The molecule has 0 bridgehead atoms. The van der Waals surface area contributed by atoms with Crippen LogP contribution in [0.15, 0.2) is 95.9 Å². The number of anilines is 1. The van der Waals surface area contributed by atoms with Gasteiger partial charge in [-0.1, -0.05) is 103 Å². The first kappa shape index (κ1) is 36.3. The first-order valence-electron chi connectivity index (χ1n) is 15.2. The molecule has 0 aromatic heterocycles. The smallest absolute Gasteiger partial charge is 0.264 e. The van der Waals surface area contributed by atoms with Crippen LogP contribution in [-0.2, 0) is 32.6 Å². The molecule has 11 heteroatoms. The Morgan fingerprint density at radius 2 is 1.49 bits per heavy atom. The summed E-state index contributed by atoms with van der Waals surface area (Å²) in [5.41, 5.74) is 3.20. The Kier molecular flexibility index (Phi) is 12.4. The number of carbonyl (C=O) groups is 2. The zero-order valence-corrected chi connectivity index (χ0v) is 29.8. The van der Waals surface area contributed by atoms with E-state index in [4.69, 9.17) is 34.8 Å². The quantitative estimate of drug-likeness (QED) is 0.153. The van der Waals surface area contributed by atoms with Crippen LogP contribution >= 0.6 is 34.8 Å². The first-order chi connectivity index (χ1) is 22.3. The highest BCUT2D eigenvalue weighted by Crippen LogP contribution is 2.30. The topological polar surface area (TPSA) is 86.8 Å². The van der Waals surface area contributed by atoms with Crippen molar-refractivity contribution in [1.29, 1.82) is 0 Å². The summed E-state index contributed by atoms with van der Waals surface area (Å²) < 4.78 is 29.6. The summed E-state index contributed by atoms with van der Waals surface area (Å²) in [5.74, 6) is -0.771. The molecule has 0 saturated heterocycles. The summed E-state index contributed by atoms with van der Waals surface area (Å²) in [6, 6.07) is 24.6. The number of benzene rings is 4. The van der Waals surface area contributed by atoms with Crippen molar-refractivity contribution in [2.24, 2.45) is 5.92 Å². The molecular weight excluding hydrogens is 677 g/mol. The molecular formula is C36H38Cl3N3O4S. The van der Waals surface area contributed by atoms with E-state index in [0.717, 1.165) is 15.4 Å². The molecule has 0 heterocycles. The Hall–Kier alpha value is -3.56. The van der Waals surface area contributed by atoms with Gasteiger partial charge in [-0.25, -0.2) is 8.42 Å². The third-order valence-corrected chi connectivity index (χ3v) is 10.4. The van der Waals surface area contributed by atoms with Gasteiger partial charge in [-0.2, -0.15) is 0 Å². The Labute approximate surface area is 292 Å². The highest BCUT2D eigenvalue weighted by Gasteiger charge is 2.35. The third-order valence-electron chi connectivity index (χ3n) is 7.61. The van der Waals surface area contributed by atoms with Gasteiger partial charge in [-0.15, -0.1) is 0 Å². The molecule has 0 aliphatic heterocycles. The van der Waals surface area contributed by atoms with Crippen LogP contribution in [0.1, 0.15) is 36.1 Å². The van der Waals surface area contributed by atoms with Crippen LogP contribution in [0.2, 0.25) is 15.1 Å². The lowest BCUT2D eigenvalue weighted by atomic mass is 10.0. The fourth-order valence-electron chi connectivity index (χ4n) is 5.06. The zero-order valence-electron chi connectivity index (χ0n) is 26.7. The number of amides is 2. The van der Waals surface area contributed by atoms with Crippen molar-refractivity contribution in [3.63, 3.8) is 0 Å². The molecule has 7 nitrogen and oxygen atoms in total. The van der Waals surface area contributed by atoms with Crippen LogP contribution < -0.4 is 9.62 Å². The number of rotatable bonds is 13. The minimum Gasteiger partial charge on any atom is -0.354 e. The number of sulfonamides is 1. The number of aryl methyl sites for hydroxylation is 2. The van der Waals surface area contributed by atoms with E-state index in [9.17, 15) is 18.0 Å². The molecule has 2 amide bonds. The van der Waals surface area contributed by atoms with Gasteiger partial charge < -0.3 is 10.2 Å². The SMILES string of the molecule is Cc1ccc(S(=O)(=O)N(CC(=O)N(Cc2ccc(Cl)c(Cl)c2)C(Cc2ccccc2)C(=O)NCC(C)C)c2ccc(Cl)cc2C)cc1. The van der Waals surface area contributed by atoms with E-state index < -0.39 is 28.5 Å². The predicted octanol–water partition coefficient (Wildman–Crippen LogP) is 7.87. The highest BCUT2D eigenvalue weighted by molar-refractivity contribution is 7.92. The van der Waals surface area contributed by atoms with Crippen LogP contribution in [0.3, 0.4) is 0 Å². The van der Waals surface area contributed by atoms with E-state index in [-0.39, 0.29) is 29.7 Å². The number of carbonyl (C=O) groups excluding carboxylic acids is 2. The van der Waals surface area contributed by atoms with E-state index in [1.54, 1.807) is 55.5 Å². The molecule has 0 fully saturated rings. The minimum absolute atomic E-state index is 0.0248. The number of halogens is 3. The Bertz CT molecular complexity index is 1820. The van der Waals surface area contributed by atoms with Crippen LogP contribution in [0.5, 0.6) is 0 Å².